The molecule has 54 heavy (non-hydrogen) atoms. The van der Waals surface area contributed by atoms with Crippen LogP contribution in [0, 0.1) is 24.5 Å². The number of pyridine rings is 2. The molecule has 8 rings (SSSR count). The number of benzene rings is 5. The number of fused-ring (bicyclic) bond motifs is 3. The van der Waals surface area contributed by atoms with Crippen LogP contribution in [0.3, 0.4) is 0 Å². The quantitative estimate of drug-likeness (QED) is 0.123. The van der Waals surface area contributed by atoms with Crippen molar-refractivity contribution in [3.63, 3.8) is 0 Å². The maximum atomic E-state index is 6.38. The Morgan fingerprint density at radius 3 is 1.98 bits per heavy atom. The van der Waals surface area contributed by atoms with E-state index in [4.69, 9.17) is 14.4 Å². The van der Waals surface area contributed by atoms with Crippen molar-refractivity contribution in [3.8, 4) is 44.8 Å². The predicted octanol–water partition coefficient (Wildman–Crippen LogP) is 12.8. The topological polar surface area (TPSA) is 38.9 Å². The van der Waals surface area contributed by atoms with Crippen LogP contribution in [0.1, 0.15) is 31.9 Å². The van der Waals surface area contributed by atoms with Crippen molar-refractivity contribution in [1.29, 1.82) is 0 Å². The molecule has 0 unspecified atom stereocenters. The maximum Gasteiger partial charge on any atom is 0.121 e. The Kier molecular flexibility index (Phi) is 11.6. The Morgan fingerprint density at radius 2 is 1.33 bits per heavy atom. The van der Waals surface area contributed by atoms with Crippen molar-refractivity contribution < 1.29 is 24.5 Å². The number of aryl methyl sites for hydroxylation is 1. The second-order valence-electron chi connectivity index (χ2n) is 16.0. The molecule has 273 valence electrons. The molecule has 0 saturated heterocycles. The van der Waals surface area contributed by atoms with Crippen LogP contribution in [0.4, 0.5) is 0 Å². The average Bonchev–Trinajstić information content (AvgIpc) is 3.53. The first-order valence-electron chi connectivity index (χ1n) is 18.4. The van der Waals surface area contributed by atoms with Gasteiger partial charge in [-0.05, 0) is 63.7 Å². The van der Waals surface area contributed by atoms with Gasteiger partial charge in [-0.2, -0.15) is 0 Å². The third kappa shape index (κ3) is 8.71. The molecule has 5 aromatic carbocycles. The van der Waals surface area contributed by atoms with Crippen LogP contribution in [-0.2, 0) is 26.5 Å². The summed E-state index contributed by atoms with van der Waals surface area (Å²) in [5, 5.41) is 3.67. The Balaban J connectivity index is 0.000000198. The summed E-state index contributed by atoms with van der Waals surface area (Å²) in [4.78, 5) is 9.49. The second-order valence-corrected chi connectivity index (χ2v) is 21.1. The van der Waals surface area contributed by atoms with Crippen LogP contribution in [0.2, 0.25) is 19.6 Å². The van der Waals surface area contributed by atoms with Crippen LogP contribution < -0.4 is 5.19 Å². The third-order valence-electron chi connectivity index (χ3n) is 9.50. The summed E-state index contributed by atoms with van der Waals surface area (Å²) >= 11 is 0. The molecule has 5 heteroatoms. The largest absolute Gasteiger partial charge is 0.501 e. The van der Waals surface area contributed by atoms with Gasteiger partial charge in [0.1, 0.15) is 5.58 Å². The summed E-state index contributed by atoms with van der Waals surface area (Å²) in [6, 6.07) is 50.3. The van der Waals surface area contributed by atoms with Crippen molar-refractivity contribution in [2.24, 2.45) is 5.41 Å². The van der Waals surface area contributed by atoms with Gasteiger partial charge in [0.25, 0.3) is 0 Å². The third-order valence-corrected chi connectivity index (χ3v) is 11.6. The first kappa shape index (κ1) is 38.8. The molecule has 0 N–H and O–H groups in total. The van der Waals surface area contributed by atoms with Crippen molar-refractivity contribution in [2.45, 2.75) is 53.8 Å². The van der Waals surface area contributed by atoms with E-state index in [0.29, 0.717) is 0 Å². The molecule has 0 aliphatic rings. The van der Waals surface area contributed by atoms with Crippen molar-refractivity contribution in [2.75, 3.05) is 0 Å². The van der Waals surface area contributed by atoms with Crippen molar-refractivity contribution >= 4 is 35.2 Å². The molecule has 0 aliphatic carbocycles. The van der Waals surface area contributed by atoms with Gasteiger partial charge in [0.15, 0.2) is 0 Å². The molecule has 3 nitrogen and oxygen atoms in total. The number of furan rings is 1. The first-order chi connectivity index (χ1) is 25.4. The monoisotopic (exact) mass is 899 g/mol. The zero-order chi connectivity index (χ0) is 37.2. The van der Waals surface area contributed by atoms with E-state index in [2.05, 4.69) is 157 Å². The summed E-state index contributed by atoms with van der Waals surface area (Å²) in [5.41, 5.74) is 13.1. The van der Waals surface area contributed by atoms with E-state index in [-0.39, 0.29) is 25.5 Å². The maximum absolute atomic E-state index is 6.38. The summed E-state index contributed by atoms with van der Waals surface area (Å²) in [5.74, 6) is 0. The molecule has 0 amide bonds. The summed E-state index contributed by atoms with van der Waals surface area (Å²) in [6.45, 7) is 16.2. The minimum Gasteiger partial charge on any atom is -0.501 e. The fourth-order valence-electron chi connectivity index (χ4n) is 6.94. The standard InChI is InChI=1S/C30H20NO.C19H26NSi.Ir/c1-20-17-28(31-19-27(20)22-11-6-3-7-12-22)26-14-8-13-25-24-16-15-23(18-29(24)32-30(25)26)21-9-4-2-5-10-21;1-19(2,3)13-16-12-17(15-10-8-7-9-11-15)20-14-18(16)21(4,5)6;/h2-13,15-19H,1H3;7-10,12,14H,13H2,1-6H3;/q2*-1;. The smallest absolute Gasteiger partial charge is 0.121 e. The van der Waals surface area contributed by atoms with Crippen molar-refractivity contribution in [3.05, 3.63) is 163 Å². The predicted molar refractivity (Wildman–Crippen MR) is 226 cm³/mol. The van der Waals surface area contributed by atoms with Gasteiger partial charge in [0.2, 0.25) is 0 Å². The van der Waals surface area contributed by atoms with Gasteiger partial charge in [-0.3, -0.25) is 0 Å². The van der Waals surface area contributed by atoms with Gasteiger partial charge >= 0.3 is 0 Å². The molecule has 3 aromatic heterocycles. The minimum absolute atomic E-state index is 0. The SMILES string of the molecule is CC(C)(C)Cc1cc(-c2[c-]cccc2)ncc1[Si](C)(C)C.Cc1cc(-c2[c-]ccc3c2oc2cc(-c4ccccc4)ccc23)ncc1-c1ccccc1.[Ir]. The molecular weight excluding hydrogens is 853 g/mol. The fourth-order valence-corrected chi connectivity index (χ4v) is 8.52. The van der Waals surface area contributed by atoms with Crippen LogP contribution in [0.5, 0.6) is 0 Å². The van der Waals surface area contributed by atoms with Crippen LogP contribution in [0.25, 0.3) is 66.7 Å². The summed E-state index contributed by atoms with van der Waals surface area (Å²) in [6.07, 6.45) is 5.15. The van der Waals surface area contributed by atoms with Gasteiger partial charge in [0, 0.05) is 43.4 Å². The summed E-state index contributed by atoms with van der Waals surface area (Å²) in [7, 11) is -1.37. The van der Waals surface area contributed by atoms with Gasteiger partial charge in [-0.15, -0.1) is 54.1 Å². The van der Waals surface area contributed by atoms with Crippen LogP contribution >= 0.6 is 0 Å². The van der Waals surface area contributed by atoms with E-state index in [1.807, 2.05) is 42.6 Å². The van der Waals surface area contributed by atoms with Gasteiger partial charge in [-0.25, -0.2) is 0 Å². The fraction of sp³-hybridized carbons (Fsp3) is 0.184. The van der Waals surface area contributed by atoms with Crippen LogP contribution in [0.15, 0.2) is 144 Å². The molecule has 0 spiro atoms. The van der Waals surface area contributed by atoms with Gasteiger partial charge < -0.3 is 14.4 Å². The number of rotatable bonds is 6. The molecular formula is C49H46IrN2OSi-2. The minimum atomic E-state index is -1.37. The molecule has 3 heterocycles. The molecule has 8 aromatic rings. The molecule has 0 fully saturated rings. The molecule has 0 bridgehead atoms. The first-order valence-corrected chi connectivity index (χ1v) is 21.9. The average molecular weight is 899 g/mol. The molecule has 0 saturated carbocycles. The molecule has 0 aliphatic heterocycles. The van der Waals surface area contributed by atoms with E-state index in [9.17, 15) is 0 Å². The second kappa shape index (κ2) is 16.2. The number of hydrogen-bond donors (Lipinski definition) is 0. The van der Waals surface area contributed by atoms with Gasteiger partial charge in [0.05, 0.1) is 13.7 Å². The normalized spacial score (nSPS) is 11.5. The Bertz CT molecular complexity index is 2500. The molecule has 1 radical (unpaired) electrons. The number of hydrogen-bond acceptors (Lipinski definition) is 3. The van der Waals surface area contributed by atoms with E-state index >= 15 is 0 Å². The zero-order valence-electron chi connectivity index (χ0n) is 32.1. The number of nitrogens with zero attached hydrogens (tertiary/aromatic N) is 2. The van der Waals surface area contributed by atoms with E-state index in [1.165, 1.54) is 27.4 Å². The Morgan fingerprint density at radius 1 is 0.648 bits per heavy atom. The van der Waals surface area contributed by atoms with Crippen LogP contribution in [-0.4, -0.2) is 18.0 Å². The number of aromatic nitrogens is 2. The van der Waals surface area contributed by atoms with E-state index in [1.54, 1.807) is 0 Å². The van der Waals surface area contributed by atoms with Crippen molar-refractivity contribution in [1.82, 2.24) is 9.97 Å². The summed E-state index contributed by atoms with van der Waals surface area (Å²) < 4.78 is 6.38. The zero-order valence-corrected chi connectivity index (χ0v) is 35.5. The Hall–Kier alpha value is -4.93. The van der Waals surface area contributed by atoms with E-state index in [0.717, 1.165) is 62.0 Å². The molecule has 0 atom stereocenters. The van der Waals surface area contributed by atoms with E-state index < -0.39 is 8.07 Å². The van der Waals surface area contributed by atoms with Gasteiger partial charge in [-0.1, -0.05) is 142 Å². The Labute approximate surface area is 334 Å².